The minimum Gasteiger partial charge on any atom is -0.478 e. The van der Waals surface area contributed by atoms with Crippen molar-refractivity contribution in [3.63, 3.8) is 0 Å². The van der Waals surface area contributed by atoms with E-state index in [0.29, 0.717) is 6.04 Å². The Kier molecular flexibility index (Phi) is 6.73. The smallest absolute Gasteiger partial charge is 0.213 e. The Hall–Kier alpha value is -1.09. The summed E-state index contributed by atoms with van der Waals surface area (Å²) in [6.07, 6.45) is 3.17. The van der Waals surface area contributed by atoms with Gasteiger partial charge >= 0.3 is 0 Å². The van der Waals surface area contributed by atoms with Gasteiger partial charge in [-0.15, -0.1) is 0 Å². The molecule has 0 aliphatic heterocycles. The Balaban J connectivity index is 2.67. The lowest BCUT2D eigenvalue weighted by atomic mass is 10.2. The summed E-state index contributed by atoms with van der Waals surface area (Å²) >= 11 is 0. The Labute approximate surface area is 111 Å². The molecule has 3 nitrogen and oxygen atoms in total. The zero-order valence-corrected chi connectivity index (χ0v) is 12.1. The fourth-order valence-corrected chi connectivity index (χ4v) is 1.62. The molecule has 0 saturated heterocycles. The minimum absolute atomic E-state index is 0.493. The Morgan fingerprint density at radius 2 is 2.06 bits per heavy atom. The first-order valence-electron chi connectivity index (χ1n) is 7.01. The Bertz CT molecular complexity index is 350. The van der Waals surface area contributed by atoms with Crippen LogP contribution in [0.5, 0.6) is 5.88 Å². The normalized spacial score (nSPS) is 10.9. The van der Waals surface area contributed by atoms with Crippen LogP contribution in [0.2, 0.25) is 0 Å². The second kappa shape index (κ2) is 8.09. The number of hydrogen-bond acceptors (Lipinski definition) is 3. The van der Waals surface area contributed by atoms with E-state index in [-0.39, 0.29) is 0 Å². The molecule has 0 amide bonds. The van der Waals surface area contributed by atoms with Gasteiger partial charge in [-0.25, -0.2) is 4.98 Å². The van der Waals surface area contributed by atoms with Crippen LogP contribution in [0.25, 0.3) is 0 Å². The Morgan fingerprint density at radius 1 is 1.28 bits per heavy atom. The summed E-state index contributed by atoms with van der Waals surface area (Å²) < 4.78 is 5.70. The molecule has 1 rings (SSSR count). The maximum atomic E-state index is 5.70. The van der Waals surface area contributed by atoms with Gasteiger partial charge in [0.2, 0.25) is 5.88 Å². The molecule has 1 aromatic heterocycles. The zero-order chi connectivity index (χ0) is 13.4. The van der Waals surface area contributed by atoms with Gasteiger partial charge in [0.1, 0.15) is 0 Å². The van der Waals surface area contributed by atoms with Crippen LogP contribution >= 0.6 is 0 Å². The lowest BCUT2D eigenvalue weighted by molar-refractivity contribution is 0.296. The lowest BCUT2D eigenvalue weighted by Gasteiger charge is -2.11. The molecule has 0 atom stereocenters. The highest BCUT2D eigenvalue weighted by Gasteiger charge is 2.03. The minimum atomic E-state index is 0.493. The molecular formula is C15H26N2O. The van der Waals surface area contributed by atoms with Crippen molar-refractivity contribution in [3.8, 4) is 5.88 Å². The summed E-state index contributed by atoms with van der Waals surface area (Å²) in [5, 5.41) is 3.42. The number of aryl methyl sites for hydroxylation is 1. The summed E-state index contributed by atoms with van der Waals surface area (Å²) in [5.41, 5.74) is 2.35. The standard InChI is InChI=1S/C15H26N2O/c1-5-7-8-18-15-10-13(11-16-12(3)4)9-14(6-2)17-15/h9-10,12,16H,5-8,11H2,1-4H3. The van der Waals surface area contributed by atoms with Crippen LogP contribution < -0.4 is 10.1 Å². The van der Waals surface area contributed by atoms with Gasteiger partial charge in [0.15, 0.2) is 0 Å². The van der Waals surface area contributed by atoms with Crippen LogP contribution in [-0.2, 0) is 13.0 Å². The predicted octanol–water partition coefficient (Wildman–Crippen LogP) is 3.32. The van der Waals surface area contributed by atoms with Gasteiger partial charge in [0, 0.05) is 24.3 Å². The second-order valence-corrected chi connectivity index (χ2v) is 4.90. The quantitative estimate of drug-likeness (QED) is 0.719. The molecule has 0 bridgehead atoms. The summed E-state index contributed by atoms with van der Waals surface area (Å²) in [4.78, 5) is 4.50. The molecular weight excluding hydrogens is 224 g/mol. The summed E-state index contributed by atoms with van der Waals surface area (Å²) in [7, 11) is 0. The largest absolute Gasteiger partial charge is 0.478 e. The molecule has 1 N–H and O–H groups in total. The van der Waals surface area contributed by atoms with Gasteiger partial charge < -0.3 is 10.1 Å². The topological polar surface area (TPSA) is 34.1 Å². The van der Waals surface area contributed by atoms with Crippen LogP contribution in [0.1, 0.15) is 51.8 Å². The molecule has 0 aliphatic rings. The number of rotatable bonds is 8. The maximum absolute atomic E-state index is 5.70. The average Bonchev–Trinajstić information content (AvgIpc) is 2.36. The van der Waals surface area contributed by atoms with Crippen LogP contribution in [-0.4, -0.2) is 17.6 Å². The third kappa shape index (κ3) is 5.50. The third-order valence-electron chi connectivity index (χ3n) is 2.74. The summed E-state index contributed by atoms with van der Waals surface area (Å²) in [6.45, 7) is 10.2. The van der Waals surface area contributed by atoms with Crippen LogP contribution in [0.4, 0.5) is 0 Å². The maximum Gasteiger partial charge on any atom is 0.213 e. The fourth-order valence-electron chi connectivity index (χ4n) is 1.62. The number of pyridine rings is 1. The first-order chi connectivity index (χ1) is 8.65. The molecule has 1 aromatic rings. The van der Waals surface area contributed by atoms with E-state index in [1.807, 2.05) is 6.07 Å². The van der Waals surface area contributed by atoms with Gasteiger partial charge in [-0.2, -0.15) is 0 Å². The number of hydrogen-bond donors (Lipinski definition) is 1. The molecule has 0 aromatic carbocycles. The molecule has 3 heteroatoms. The molecule has 0 spiro atoms. The van der Waals surface area contributed by atoms with E-state index in [0.717, 1.165) is 44.0 Å². The monoisotopic (exact) mass is 250 g/mol. The van der Waals surface area contributed by atoms with Crippen molar-refractivity contribution in [2.24, 2.45) is 0 Å². The van der Waals surface area contributed by atoms with E-state index in [1.165, 1.54) is 5.56 Å². The van der Waals surface area contributed by atoms with E-state index in [1.54, 1.807) is 0 Å². The van der Waals surface area contributed by atoms with Gasteiger partial charge in [-0.1, -0.05) is 34.1 Å². The van der Waals surface area contributed by atoms with E-state index in [4.69, 9.17) is 4.74 Å². The van der Waals surface area contributed by atoms with Crippen molar-refractivity contribution in [2.75, 3.05) is 6.61 Å². The van der Waals surface area contributed by atoms with Crippen molar-refractivity contribution >= 4 is 0 Å². The molecule has 18 heavy (non-hydrogen) atoms. The number of unbranched alkanes of at least 4 members (excludes halogenated alkanes) is 1. The molecule has 0 saturated carbocycles. The van der Waals surface area contributed by atoms with Crippen LogP contribution in [0, 0.1) is 0 Å². The van der Waals surface area contributed by atoms with Gasteiger partial charge in [0.05, 0.1) is 6.61 Å². The highest BCUT2D eigenvalue weighted by molar-refractivity contribution is 5.25. The molecule has 102 valence electrons. The SMILES string of the molecule is CCCCOc1cc(CNC(C)C)cc(CC)n1. The Morgan fingerprint density at radius 3 is 2.67 bits per heavy atom. The fraction of sp³-hybridized carbons (Fsp3) is 0.667. The average molecular weight is 250 g/mol. The molecule has 0 radical (unpaired) electrons. The summed E-state index contributed by atoms with van der Waals surface area (Å²) in [6, 6.07) is 4.69. The van der Waals surface area contributed by atoms with Crippen molar-refractivity contribution < 1.29 is 4.74 Å². The van der Waals surface area contributed by atoms with E-state index >= 15 is 0 Å². The van der Waals surface area contributed by atoms with Gasteiger partial charge in [-0.05, 0) is 24.5 Å². The lowest BCUT2D eigenvalue weighted by Crippen LogP contribution is -2.22. The molecule has 0 aliphatic carbocycles. The van der Waals surface area contributed by atoms with Crippen molar-refractivity contribution in [2.45, 2.75) is 59.5 Å². The first-order valence-corrected chi connectivity index (χ1v) is 7.01. The molecule has 0 unspecified atom stereocenters. The highest BCUT2D eigenvalue weighted by Crippen LogP contribution is 2.14. The van der Waals surface area contributed by atoms with Crippen molar-refractivity contribution in [1.29, 1.82) is 0 Å². The third-order valence-corrected chi connectivity index (χ3v) is 2.74. The number of nitrogens with zero attached hydrogens (tertiary/aromatic N) is 1. The zero-order valence-electron chi connectivity index (χ0n) is 12.1. The van der Waals surface area contributed by atoms with E-state index < -0.39 is 0 Å². The van der Waals surface area contributed by atoms with Crippen LogP contribution in [0.15, 0.2) is 12.1 Å². The van der Waals surface area contributed by atoms with E-state index in [9.17, 15) is 0 Å². The molecule has 1 heterocycles. The molecule has 0 fully saturated rings. The van der Waals surface area contributed by atoms with Crippen molar-refractivity contribution in [1.82, 2.24) is 10.3 Å². The summed E-state index contributed by atoms with van der Waals surface area (Å²) in [5.74, 6) is 0.767. The number of aromatic nitrogens is 1. The highest BCUT2D eigenvalue weighted by atomic mass is 16.5. The second-order valence-electron chi connectivity index (χ2n) is 4.90. The number of nitrogens with one attached hydrogen (secondary N) is 1. The number of ether oxygens (including phenoxy) is 1. The van der Waals surface area contributed by atoms with E-state index in [2.05, 4.69) is 44.1 Å². The van der Waals surface area contributed by atoms with Crippen molar-refractivity contribution in [3.05, 3.63) is 23.4 Å². The van der Waals surface area contributed by atoms with Crippen LogP contribution in [0.3, 0.4) is 0 Å². The van der Waals surface area contributed by atoms with Gasteiger partial charge in [0.25, 0.3) is 0 Å². The van der Waals surface area contributed by atoms with Gasteiger partial charge in [-0.3, -0.25) is 0 Å². The first kappa shape index (κ1) is 15.0. The predicted molar refractivity (Wildman–Crippen MR) is 76.0 cm³/mol.